The molecule has 0 fully saturated rings. The maximum absolute atomic E-state index is 13.5. The summed E-state index contributed by atoms with van der Waals surface area (Å²) in [5.74, 6) is -1.02. The smallest absolute Gasteiger partial charge is 0.255 e. The third-order valence-electron chi connectivity index (χ3n) is 3.39. The Bertz CT molecular complexity index is 737. The average Bonchev–Trinajstić information content (AvgIpc) is 2.47. The molecule has 0 unspecified atom stereocenters. The minimum Gasteiger partial charge on any atom is -0.321 e. The number of rotatable bonds is 2. The van der Waals surface area contributed by atoms with Gasteiger partial charge >= 0.3 is 0 Å². The van der Waals surface area contributed by atoms with Crippen LogP contribution in [0.3, 0.4) is 0 Å². The number of halogens is 1. The summed E-state index contributed by atoms with van der Waals surface area (Å²) in [6.45, 7) is 6.27. The lowest BCUT2D eigenvalue weighted by atomic mass is 9.87. The van der Waals surface area contributed by atoms with Crippen molar-refractivity contribution in [3.63, 3.8) is 0 Å². The molecular formula is C18H17FN2O. The highest BCUT2D eigenvalue weighted by atomic mass is 19.1. The highest BCUT2D eigenvalue weighted by Gasteiger charge is 2.15. The molecule has 112 valence electrons. The Morgan fingerprint density at radius 1 is 1.14 bits per heavy atom. The van der Waals surface area contributed by atoms with E-state index in [0.29, 0.717) is 5.56 Å². The number of nitriles is 1. The lowest BCUT2D eigenvalue weighted by molar-refractivity contribution is 0.102. The second kappa shape index (κ2) is 5.98. The van der Waals surface area contributed by atoms with Gasteiger partial charge in [-0.25, -0.2) is 4.39 Å². The maximum atomic E-state index is 13.5. The number of amides is 1. The molecule has 0 aromatic heterocycles. The van der Waals surface area contributed by atoms with Gasteiger partial charge in [0.15, 0.2) is 0 Å². The van der Waals surface area contributed by atoms with Crippen LogP contribution in [0.25, 0.3) is 0 Å². The van der Waals surface area contributed by atoms with Gasteiger partial charge in [0.1, 0.15) is 17.4 Å². The SMILES string of the molecule is CC(C)(C)c1ccc(C(=O)Nc2cccc(F)c2C#N)cc1. The van der Waals surface area contributed by atoms with Crippen molar-refractivity contribution >= 4 is 11.6 Å². The summed E-state index contributed by atoms with van der Waals surface area (Å²) in [7, 11) is 0. The maximum Gasteiger partial charge on any atom is 0.255 e. The second-order valence-corrected chi connectivity index (χ2v) is 6.06. The molecule has 0 aliphatic rings. The predicted molar refractivity (Wildman–Crippen MR) is 84.2 cm³/mol. The Morgan fingerprint density at radius 2 is 1.77 bits per heavy atom. The van der Waals surface area contributed by atoms with Crippen molar-refractivity contribution in [1.29, 1.82) is 5.26 Å². The summed E-state index contributed by atoms with van der Waals surface area (Å²) in [5, 5.41) is 11.5. The van der Waals surface area contributed by atoms with Crippen molar-refractivity contribution in [2.75, 3.05) is 5.32 Å². The number of carbonyl (C=O) groups is 1. The monoisotopic (exact) mass is 296 g/mol. The first kappa shape index (κ1) is 15.7. The molecule has 0 atom stereocenters. The molecule has 0 heterocycles. The first-order valence-electron chi connectivity index (χ1n) is 6.93. The quantitative estimate of drug-likeness (QED) is 0.900. The Kier molecular flexibility index (Phi) is 4.27. The van der Waals surface area contributed by atoms with Gasteiger partial charge in [0.05, 0.1) is 5.69 Å². The lowest BCUT2D eigenvalue weighted by Gasteiger charge is -2.19. The molecule has 0 bridgehead atoms. The number of benzene rings is 2. The molecule has 22 heavy (non-hydrogen) atoms. The number of hydrogen-bond donors (Lipinski definition) is 1. The van der Waals surface area contributed by atoms with Crippen molar-refractivity contribution in [3.8, 4) is 6.07 Å². The molecule has 0 saturated carbocycles. The van der Waals surface area contributed by atoms with Gasteiger partial charge in [-0.3, -0.25) is 4.79 Å². The van der Waals surface area contributed by atoms with E-state index in [-0.39, 0.29) is 22.6 Å². The molecule has 0 spiro atoms. The summed E-state index contributed by atoms with van der Waals surface area (Å²) in [5.41, 5.74) is 1.59. The zero-order valence-electron chi connectivity index (χ0n) is 12.8. The third kappa shape index (κ3) is 3.32. The molecule has 1 N–H and O–H groups in total. The second-order valence-electron chi connectivity index (χ2n) is 6.06. The van der Waals surface area contributed by atoms with Crippen LogP contribution in [0.1, 0.15) is 42.3 Å². The van der Waals surface area contributed by atoms with Gasteiger partial charge in [0.2, 0.25) is 0 Å². The standard InChI is InChI=1S/C18H17FN2O/c1-18(2,3)13-9-7-12(8-10-13)17(22)21-16-6-4-5-15(19)14(16)11-20/h4-10H,1-3H3,(H,21,22). The Hall–Kier alpha value is -2.67. The minimum absolute atomic E-state index is 0.00550. The summed E-state index contributed by atoms with van der Waals surface area (Å²) in [6, 6.07) is 13.1. The molecule has 2 aromatic carbocycles. The van der Waals surface area contributed by atoms with Crippen LogP contribution in [0.4, 0.5) is 10.1 Å². The van der Waals surface area contributed by atoms with Crippen LogP contribution in [-0.4, -0.2) is 5.91 Å². The molecule has 0 radical (unpaired) electrons. The first-order valence-corrected chi connectivity index (χ1v) is 6.93. The van der Waals surface area contributed by atoms with Crippen LogP contribution in [0.5, 0.6) is 0 Å². The Balaban J connectivity index is 2.24. The van der Waals surface area contributed by atoms with Crippen LogP contribution < -0.4 is 5.32 Å². The molecule has 0 aliphatic heterocycles. The van der Waals surface area contributed by atoms with Crippen LogP contribution >= 0.6 is 0 Å². The Morgan fingerprint density at radius 3 is 2.32 bits per heavy atom. The van der Waals surface area contributed by atoms with E-state index in [9.17, 15) is 9.18 Å². The van der Waals surface area contributed by atoms with Gasteiger partial charge < -0.3 is 5.32 Å². The fourth-order valence-corrected chi connectivity index (χ4v) is 2.06. The van der Waals surface area contributed by atoms with Crippen molar-refractivity contribution in [3.05, 3.63) is 65.0 Å². The van der Waals surface area contributed by atoms with E-state index in [2.05, 4.69) is 26.1 Å². The molecule has 0 aliphatic carbocycles. The highest BCUT2D eigenvalue weighted by Crippen LogP contribution is 2.23. The van der Waals surface area contributed by atoms with E-state index < -0.39 is 5.82 Å². The number of nitrogens with one attached hydrogen (secondary N) is 1. The minimum atomic E-state index is -0.650. The molecule has 2 rings (SSSR count). The fourth-order valence-electron chi connectivity index (χ4n) is 2.06. The summed E-state index contributed by atoms with van der Waals surface area (Å²) < 4.78 is 13.5. The van der Waals surface area contributed by atoms with E-state index in [0.717, 1.165) is 5.56 Å². The van der Waals surface area contributed by atoms with Gasteiger partial charge in [-0.05, 0) is 35.2 Å². The predicted octanol–water partition coefficient (Wildman–Crippen LogP) is 4.25. The molecule has 0 saturated heterocycles. The van der Waals surface area contributed by atoms with Gasteiger partial charge in [-0.15, -0.1) is 0 Å². The van der Waals surface area contributed by atoms with Crippen molar-refractivity contribution < 1.29 is 9.18 Å². The van der Waals surface area contributed by atoms with E-state index in [1.165, 1.54) is 18.2 Å². The molecule has 4 heteroatoms. The Labute approximate surface area is 129 Å². The van der Waals surface area contributed by atoms with Crippen molar-refractivity contribution in [2.45, 2.75) is 26.2 Å². The summed E-state index contributed by atoms with van der Waals surface area (Å²) >= 11 is 0. The van der Waals surface area contributed by atoms with Crippen LogP contribution in [-0.2, 0) is 5.41 Å². The molecular weight excluding hydrogens is 279 g/mol. The number of nitrogens with zero attached hydrogens (tertiary/aromatic N) is 1. The first-order chi connectivity index (χ1) is 10.3. The van der Waals surface area contributed by atoms with E-state index >= 15 is 0 Å². The topological polar surface area (TPSA) is 52.9 Å². The molecule has 2 aromatic rings. The van der Waals surface area contributed by atoms with E-state index in [1.807, 2.05) is 12.1 Å². The number of anilines is 1. The van der Waals surface area contributed by atoms with Crippen molar-refractivity contribution in [2.24, 2.45) is 0 Å². The van der Waals surface area contributed by atoms with E-state index in [1.54, 1.807) is 18.2 Å². The van der Waals surface area contributed by atoms with E-state index in [4.69, 9.17) is 5.26 Å². The highest BCUT2D eigenvalue weighted by molar-refractivity contribution is 6.04. The largest absolute Gasteiger partial charge is 0.321 e. The summed E-state index contributed by atoms with van der Waals surface area (Å²) in [6.07, 6.45) is 0. The van der Waals surface area contributed by atoms with Crippen molar-refractivity contribution in [1.82, 2.24) is 0 Å². The van der Waals surface area contributed by atoms with Crippen LogP contribution in [0.2, 0.25) is 0 Å². The fraction of sp³-hybridized carbons (Fsp3) is 0.222. The average molecular weight is 296 g/mol. The summed E-state index contributed by atoms with van der Waals surface area (Å²) in [4.78, 5) is 12.2. The van der Waals surface area contributed by atoms with Gasteiger partial charge in [0.25, 0.3) is 5.91 Å². The zero-order chi connectivity index (χ0) is 16.3. The van der Waals surface area contributed by atoms with Gasteiger partial charge in [-0.1, -0.05) is 39.0 Å². The van der Waals surface area contributed by atoms with Crippen LogP contribution in [0, 0.1) is 17.1 Å². The molecule has 3 nitrogen and oxygen atoms in total. The normalized spacial score (nSPS) is 10.9. The third-order valence-corrected chi connectivity index (χ3v) is 3.39. The van der Waals surface area contributed by atoms with Gasteiger partial charge in [-0.2, -0.15) is 5.26 Å². The molecule has 1 amide bonds. The number of hydrogen-bond acceptors (Lipinski definition) is 2. The zero-order valence-corrected chi connectivity index (χ0v) is 12.8. The van der Waals surface area contributed by atoms with Gasteiger partial charge in [0, 0.05) is 5.56 Å². The lowest BCUT2D eigenvalue weighted by Crippen LogP contribution is -2.15. The number of carbonyl (C=O) groups excluding carboxylic acids is 1. The van der Waals surface area contributed by atoms with Crippen LogP contribution in [0.15, 0.2) is 42.5 Å².